The van der Waals surface area contributed by atoms with Crippen LogP contribution in [0.2, 0.25) is 0 Å². The smallest absolute Gasteiger partial charge is 0.326 e. The average Bonchev–Trinajstić information content (AvgIpc) is 3.42. The van der Waals surface area contributed by atoms with E-state index < -0.39 is 59.9 Å². The summed E-state index contributed by atoms with van der Waals surface area (Å²) in [5, 5.41) is 162. The second-order valence-corrected chi connectivity index (χ2v) is 27.0. The van der Waals surface area contributed by atoms with Gasteiger partial charge in [-0.1, -0.05) is 6.92 Å². The first kappa shape index (κ1) is 97.2. The molecule has 0 heterocycles. The third-order valence-corrected chi connectivity index (χ3v) is 17.3. The fourth-order valence-corrected chi connectivity index (χ4v) is 12.0. The molecule has 0 bridgehead atoms. The number of aliphatic hydroxyl groups is 14. The predicted molar refractivity (Wildman–Crippen MR) is 329 cm³/mol. The van der Waals surface area contributed by atoms with Crippen LogP contribution in [0.3, 0.4) is 0 Å². The molecule has 0 aliphatic rings. The summed E-state index contributed by atoms with van der Waals surface area (Å²) in [5.41, 5.74) is 0. The molecule has 512 valence electrons. The van der Waals surface area contributed by atoms with Crippen molar-refractivity contribution >= 4 is 100 Å². The molecule has 6 atom stereocenters. The molecule has 6 unspecified atom stereocenters. The van der Waals surface area contributed by atoms with Crippen molar-refractivity contribution in [2.75, 3.05) is 164 Å². The van der Waals surface area contributed by atoms with Crippen molar-refractivity contribution in [2.45, 2.75) is 98.8 Å². The van der Waals surface area contributed by atoms with Crippen LogP contribution in [0.15, 0.2) is 0 Å². The summed E-state index contributed by atoms with van der Waals surface area (Å²) in [6, 6.07) is 1.99. The van der Waals surface area contributed by atoms with Crippen LogP contribution in [-0.2, 0) is 33.9 Å². The number of aliphatic carboxylic acids is 4. The molecule has 0 spiro atoms. The van der Waals surface area contributed by atoms with Crippen molar-refractivity contribution in [2.24, 2.45) is 0 Å². The van der Waals surface area contributed by atoms with E-state index >= 15 is 0 Å². The van der Waals surface area contributed by atoms with Gasteiger partial charge in [-0.3, -0.25) is 38.1 Å². The summed E-state index contributed by atoms with van der Waals surface area (Å²) in [4.78, 5) is 61.3. The lowest BCUT2D eigenvalue weighted by Crippen LogP contribution is -2.31. The molecule has 31 nitrogen and oxygen atoms in total. The van der Waals surface area contributed by atoms with Gasteiger partial charge in [0.1, 0.15) is 0 Å². The zero-order chi connectivity index (χ0) is 66.9. The van der Waals surface area contributed by atoms with Gasteiger partial charge in [-0.15, -0.1) is 0 Å². The Kier molecular flexibility index (Phi) is 81.9. The minimum atomic E-state index is -3.90. The standard InChI is InChI=1S/2C8H17NO4.C8H16O4S.C7H14O4S.C6H11NO2S.C5H13O5PS.C5H12O5S2/c2*10-6-4-9(5-7-11)3-1-2-8(12)13;1-6(4-8(11)12)13-7(5-10)2-3-9;8-3-1-6(5-9)12-4-2-7(10)11;7-2-1-3-10-5-6(9)4-8;6-3-5(7)4-12-2-1-11(8,9)10;6-3-5(7)4-11-1-2-12(8,9)10/h2*10-11H,1-7H2,(H,12,13);6-7,9-10H,2-5H2,1H3,(H,11,12);6,8-9H,1-5H2,(H,10,11);6,8-9H,1,3-5H2;5-7H,1-4H2,(H2,8,9,10);5-7H,1-4H2,(H,8,9,10). The monoisotopic (exact) mass is 1380 g/mol. The Morgan fingerprint density at radius 3 is 1.21 bits per heavy atom. The van der Waals surface area contributed by atoms with Gasteiger partial charge in [-0.05, 0) is 38.8 Å². The maximum atomic E-state index is 10.3. The molecule has 38 heteroatoms. The normalized spacial score (nSPS) is 13.0. The highest BCUT2D eigenvalue weighted by Crippen LogP contribution is 2.34. The molecular weight excluding hydrogens is 1280 g/mol. The van der Waals surface area contributed by atoms with Gasteiger partial charge in [0.15, 0.2) is 0 Å². The molecule has 0 aromatic carbocycles. The van der Waals surface area contributed by atoms with E-state index in [0.717, 1.165) is 17.5 Å². The number of carbonyl (C=O) groups is 4. The van der Waals surface area contributed by atoms with E-state index in [1.165, 1.54) is 47.0 Å². The number of rotatable bonds is 47. The van der Waals surface area contributed by atoms with Gasteiger partial charge in [-0.25, -0.2) is 0 Å². The second-order valence-electron chi connectivity index (χ2n) is 17.1. The minimum Gasteiger partial charge on any atom is -0.481 e. The first-order valence-corrected chi connectivity index (χ1v) is 35.2. The Hall–Kier alpha value is -1.46. The predicted octanol–water partition coefficient (Wildman–Crippen LogP) is -3.26. The van der Waals surface area contributed by atoms with Crippen molar-refractivity contribution in [3.63, 3.8) is 0 Å². The molecule has 0 amide bonds. The highest BCUT2D eigenvalue weighted by atomic mass is 32.2. The third kappa shape index (κ3) is 96.4. The minimum absolute atomic E-state index is 0.00908. The van der Waals surface area contributed by atoms with Crippen molar-refractivity contribution in [1.82, 2.24) is 9.80 Å². The van der Waals surface area contributed by atoms with Gasteiger partial charge in [0.25, 0.3) is 10.1 Å². The summed E-state index contributed by atoms with van der Waals surface area (Å²) < 4.78 is 39.0. The number of thioether (sulfide) groups is 5. The topological polar surface area (TPSA) is 575 Å². The zero-order valence-electron chi connectivity index (χ0n) is 48.2. The van der Waals surface area contributed by atoms with E-state index in [1.54, 1.807) is 6.92 Å². The quantitative estimate of drug-likeness (QED) is 0.0162. The summed E-state index contributed by atoms with van der Waals surface area (Å²) in [7, 11) is -7.79. The summed E-state index contributed by atoms with van der Waals surface area (Å²) in [6.07, 6.45) is 0.640. The Balaban J connectivity index is -0.000000167. The lowest BCUT2D eigenvalue weighted by Gasteiger charge is -2.19. The molecule has 0 aliphatic carbocycles. The van der Waals surface area contributed by atoms with Crippen LogP contribution >= 0.6 is 66.4 Å². The van der Waals surface area contributed by atoms with Crippen LogP contribution in [0, 0.1) is 11.3 Å². The molecular formula is C47H100N3O28PS6. The average molecular weight is 1380 g/mol. The van der Waals surface area contributed by atoms with Gasteiger partial charge in [0, 0.05) is 115 Å². The first-order chi connectivity index (χ1) is 39.9. The van der Waals surface area contributed by atoms with Gasteiger partial charge in [0.05, 0.1) is 109 Å². The van der Waals surface area contributed by atoms with E-state index in [0.29, 0.717) is 94.4 Å². The summed E-state index contributed by atoms with van der Waals surface area (Å²) in [5.74, 6) is -0.799. The molecule has 85 heavy (non-hydrogen) atoms. The fourth-order valence-electron chi connectivity index (χ4n) is 5.08. The molecule has 0 aromatic heterocycles. The zero-order valence-corrected chi connectivity index (χ0v) is 54.0. The fraction of sp³-hybridized carbons (Fsp3) is 0.894. The van der Waals surface area contributed by atoms with Crippen LogP contribution in [0.5, 0.6) is 0 Å². The van der Waals surface area contributed by atoms with Crippen LogP contribution in [0.1, 0.15) is 64.7 Å². The van der Waals surface area contributed by atoms with Crippen LogP contribution < -0.4 is 0 Å². The van der Waals surface area contributed by atoms with Crippen molar-refractivity contribution < 1.29 is 138 Å². The molecule has 21 N–H and O–H groups in total. The van der Waals surface area contributed by atoms with E-state index in [9.17, 15) is 32.2 Å². The lowest BCUT2D eigenvalue weighted by atomic mass is 10.3. The maximum Gasteiger partial charge on any atom is 0.326 e. The van der Waals surface area contributed by atoms with E-state index in [-0.39, 0.29) is 138 Å². The number of aliphatic hydroxyl groups excluding tert-OH is 14. The molecule has 0 saturated carbocycles. The van der Waals surface area contributed by atoms with Gasteiger partial charge < -0.3 is 102 Å². The molecule has 0 radical (unpaired) electrons. The summed E-state index contributed by atoms with van der Waals surface area (Å²) in [6.45, 7) is 4.28. The molecule has 0 aromatic rings. The van der Waals surface area contributed by atoms with Gasteiger partial charge in [0.2, 0.25) is 0 Å². The second kappa shape index (κ2) is 71.6. The summed E-state index contributed by atoms with van der Waals surface area (Å²) >= 11 is 6.64. The highest BCUT2D eigenvalue weighted by Gasteiger charge is 2.16. The number of nitriles is 1. The van der Waals surface area contributed by atoms with Crippen LogP contribution in [-0.4, -0.2) is 347 Å². The Labute approximate surface area is 520 Å². The maximum absolute atomic E-state index is 10.3. The van der Waals surface area contributed by atoms with Gasteiger partial charge >= 0.3 is 31.5 Å². The SMILES string of the molecule is CC(CC(=O)O)SC(CO)CCO.N#CCCSCC(O)CO.O=C(O)CCCN(CCO)CCO.O=C(O)CCCN(CCO)CCO.O=C(O)CCSC(CO)CCO.O=P(O)(O)CCSCC(O)CO.O=S(=O)(O)CCSCC(O)CO. The van der Waals surface area contributed by atoms with Crippen LogP contribution in [0.4, 0.5) is 0 Å². The van der Waals surface area contributed by atoms with E-state index in [2.05, 4.69) is 0 Å². The number of carboxylic acids is 4. The van der Waals surface area contributed by atoms with Gasteiger partial charge in [-0.2, -0.15) is 72.5 Å². The number of hydrogen-bond donors (Lipinski definition) is 21. The molecule has 0 fully saturated rings. The van der Waals surface area contributed by atoms with Crippen molar-refractivity contribution in [3.05, 3.63) is 0 Å². The number of hydrogen-bond acceptors (Lipinski definition) is 29. The van der Waals surface area contributed by atoms with Crippen molar-refractivity contribution in [3.8, 4) is 6.07 Å². The van der Waals surface area contributed by atoms with Crippen molar-refractivity contribution in [1.29, 1.82) is 5.26 Å². The highest BCUT2D eigenvalue weighted by molar-refractivity contribution is 8.01. The third-order valence-electron chi connectivity index (χ3n) is 9.19. The van der Waals surface area contributed by atoms with E-state index in [4.69, 9.17) is 112 Å². The Morgan fingerprint density at radius 2 is 0.906 bits per heavy atom. The number of carboxylic acid groups (broad SMARTS) is 4. The largest absolute Gasteiger partial charge is 0.481 e. The number of nitrogens with zero attached hydrogens (tertiary/aromatic N) is 3. The molecule has 0 aliphatic heterocycles. The Morgan fingerprint density at radius 1 is 0.529 bits per heavy atom. The lowest BCUT2D eigenvalue weighted by molar-refractivity contribution is -0.138. The van der Waals surface area contributed by atoms with Crippen LogP contribution in [0.25, 0.3) is 0 Å². The van der Waals surface area contributed by atoms with E-state index in [1.807, 2.05) is 15.9 Å². The molecule has 0 rings (SSSR count). The molecule has 0 saturated heterocycles. The Bertz CT molecular complexity index is 1660. The first-order valence-electron chi connectivity index (χ1n) is 26.4.